The van der Waals surface area contributed by atoms with Crippen molar-refractivity contribution in [2.45, 2.75) is 37.7 Å². The molecule has 2 aromatic rings. The molecular weight excluding hydrogens is 392 g/mol. The Morgan fingerprint density at radius 1 is 1.10 bits per heavy atom. The van der Waals surface area contributed by atoms with Crippen LogP contribution in [0.15, 0.2) is 51.4 Å². The van der Waals surface area contributed by atoms with Crippen molar-refractivity contribution in [3.63, 3.8) is 0 Å². The second kappa shape index (κ2) is 6.64. The largest absolute Gasteiger partial charge is 0.388 e. The number of benzene rings is 2. The number of rotatable bonds is 3. The molecule has 0 aliphatic heterocycles. The summed E-state index contributed by atoms with van der Waals surface area (Å²) in [6, 6.07) is 14.7. The molecule has 2 atom stereocenters. The summed E-state index contributed by atoms with van der Waals surface area (Å²) in [6.45, 7) is 0. The highest BCUT2D eigenvalue weighted by Gasteiger charge is 2.23. The molecule has 3 rings (SSSR count). The van der Waals surface area contributed by atoms with E-state index in [0.717, 1.165) is 20.9 Å². The third-order valence-corrected chi connectivity index (χ3v) is 5.19. The van der Waals surface area contributed by atoms with E-state index in [4.69, 9.17) is 0 Å². The average molecular weight is 410 g/mol. The van der Waals surface area contributed by atoms with Crippen LogP contribution >= 0.6 is 31.9 Å². The topological polar surface area (TPSA) is 20.2 Å². The molecule has 2 aromatic carbocycles. The Bertz CT molecular complexity index is 619. The third-order valence-electron chi connectivity index (χ3n) is 4.27. The van der Waals surface area contributed by atoms with E-state index in [2.05, 4.69) is 56.1 Å². The highest BCUT2D eigenvalue weighted by atomic mass is 79.9. The summed E-state index contributed by atoms with van der Waals surface area (Å²) >= 11 is 6.98. The highest BCUT2D eigenvalue weighted by Crippen LogP contribution is 2.38. The number of halogens is 2. The first kappa shape index (κ1) is 15.3. The second-order valence-corrected chi connectivity index (χ2v) is 7.57. The Kier molecular flexibility index (Phi) is 4.82. The SMILES string of the molecule is OC(CC1CCCc2ccccc21)c1cc(Br)cc(Br)c1. The first-order chi connectivity index (χ1) is 10.1. The molecule has 1 aliphatic rings. The minimum absolute atomic E-state index is 0.421. The Morgan fingerprint density at radius 2 is 1.81 bits per heavy atom. The molecule has 0 saturated heterocycles. The molecule has 0 saturated carbocycles. The van der Waals surface area contributed by atoms with Gasteiger partial charge in [0.2, 0.25) is 0 Å². The van der Waals surface area contributed by atoms with Crippen LogP contribution in [0.1, 0.15) is 48.0 Å². The molecule has 2 unspecified atom stereocenters. The molecule has 110 valence electrons. The maximum absolute atomic E-state index is 10.6. The first-order valence-electron chi connectivity index (χ1n) is 7.35. The van der Waals surface area contributed by atoms with Crippen LogP contribution in [0.5, 0.6) is 0 Å². The fraction of sp³-hybridized carbons (Fsp3) is 0.333. The number of hydrogen-bond acceptors (Lipinski definition) is 1. The van der Waals surface area contributed by atoms with E-state index in [-0.39, 0.29) is 0 Å². The van der Waals surface area contributed by atoms with E-state index in [0.29, 0.717) is 5.92 Å². The lowest BCUT2D eigenvalue weighted by Crippen LogP contribution is -2.13. The Balaban J connectivity index is 1.81. The molecule has 21 heavy (non-hydrogen) atoms. The summed E-state index contributed by atoms with van der Waals surface area (Å²) in [5, 5.41) is 10.6. The molecule has 0 aromatic heterocycles. The maximum Gasteiger partial charge on any atom is 0.0796 e. The Labute approximate surface area is 142 Å². The smallest absolute Gasteiger partial charge is 0.0796 e. The van der Waals surface area contributed by atoms with E-state index in [9.17, 15) is 5.11 Å². The molecule has 1 nitrogen and oxygen atoms in total. The van der Waals surface area contributed by atoms with E-state index < -0.39 is 6.10 Å². The Morgan fingerprint density at radius 3 is 2.57 bits per heavy atom. The van der Waals surface area contributed by atoms with Crippen molar-refractivity contribution >= 4 is 31.9 Å². The van der Waals surface area contributed by atoms with Crippen LogP contribution in [0.2, 0.25) is 0 Å². The molecule has 0 radical (unpaired) electrons. The lowest BCUT2D eigenvalue weighted by Gasteiger charge is -2.27. The van der Waals surface area contributed by atoms with Gasteiger partial charge in [-0.3, -0.25) is 0 Å². The van der Waals surface area contributed by atoms with Crippen LogP contribution in [0.4, 0.5) is 0 Å². The van der Waals surface area contributed by atoms with Crippen LogP contribution in [0.25, 0.3) is 0 Å². The third kappa shape index (κ3) is 3.58. The summed E-state index contributed by atoms with van der Waals surface area (Å²) in [5.74, 6) is 0.461. The molecule has 0 fully saturated rings. The number of aryl methyl sites for hydroxylation is 1. The molecule has 1 N–H and O–H groups in total. The predicted octanol–water partition coefficient (Wildman–Crippen LogP) is 5.76. The summed E-state index contributed by atoms with van der Waals surface area (Å²) in [4.78, 5) is 0. The predicted molar refractivity (Wildman–Crippen MR) is 93.5 cm³/mol. The van der Waals surface area contributed by atoms with Crippen molar-refractivity contribution in [3.8, 4) is 0 Å². The number of hydrogen-bond donors (Lipinski definition) is 1. The monoisotopic (exact) mass is 408 g/mol. The van der Waals surface area contributed by atoms with Gasteiger partial charge in [-0.1, -0.05) is 56.1 Å². The van der Waals surface area contributed by atoms with E-state index >= 15 is 0 Å². The van der Waals surface area contributed by atoms with Gasteiger partial charge in [0.05, 0.1) is 6.10 Å². The molecule has 0 amide bonds. The summed E-state index contributed by atoms with van der Waals surface area (Å²) in [6.07, 6.45) is 3.93. The van der Waals surface area contributed by atoms with Crippen LogP contribution in [-0.4, -0.2) is 5.11 Å². The summed E-state index contributed by atoms with van der Waals surface area (Å²) in [7, 11) is 0. The summed E-state index contributed by atoms with van der Waals surface area (Å²) < 4.78 is 1.99. The van der Waals surface area contributed by atoms with Gasteiger partial charge < -0.3 is 5.11 Å². The van der Waals surface area contributed by atoms with Crippen LogP contribution in [-0.2, 0) is 6.42 Å². The van der Waals surface area contributed by atoms with E-state index in [1.807, 2.05) is 18.2 Å². The normalized spacial score (nSPS) is 19.1. The maximum atomic E-state index is 10.6. The van der Waals surface area contributed by atoms with Crippen molar-refractivity contribution in [1.82, 2.24) is 0 Å². The minimum atomic E-state index is -0.421. The van der Waals surface area contributed by atoms with E-state index in [1.54, 1.807) is 0 Å². The molecule has 0 heterocycles. The fourth-order valence-electron chi connectivity index (χ4n) is 3.27. The van der Waals surface area contributed by atoms with Crippen molar-refractivity contribution in [3.05, 3.63) is 68.1 Å². The van der Waals surface area contributed by atoms with Crippen molar-refractivity contribution < 1.29 is 5.11 Å². The second-order valence-electron chi connectivity index (χ2n) is 5.74. The number of aliphatic hydroxyl groups excluding tert-OH is 1. The number of fused-ring (bicyclic) bond motifs is 1. The zero-order valence-electron chi connectivity index (χ0n) is 11.7. The van der Waals surface area contributed by atoms with Gasteiger partial charge in [0.15, 0.2) is 0 Å². The molecule has 0 bridgehead atoms. The lowest BCUT2D eigenvalue weighted by molar-refractivity contribution is 0.154. The van der Waals surface area contributed by atoms with Crippen LogP contribution in [0, 0.1) is 0 Å². The van der Waals surface area contributed by atoms with Crippen molar-refractivity contribution in [2.24, 2.45) is 0 Å². The van der Waals surface area contributed by atoms with Gasteiger partial charge in [0.25, 0.3) is 0 Å². The van der Waals surface area contributed by atoms with Gasteiger partial charge in [-0.25, -0.2) is 0 Å². The standard InChI is InChI=1S/C18H18Br2O/c19-15-8-14(9-16(20)11-15)18(21)10-13-6-3-5-12-4-1-2-7-17(12)13/h1-2,4,7-9,11,13,18,21H,3,5-6,10H2. The van der Waals surface area contributed by atoms with Crippen molar-refractivity contribution in [1.29, 1.82) is 0 Å². The molecular formula is C18H18Br2O. The van der Waals surface area contributed by atoms with Gasteiger partial charge in [0.1, 0.15) is 0 Å². The summed E-state index contributed by atoms with van der Waals surface area (Å²) in [5.41, 5.74) is 3.85. The molecule has 0 spiro atoms. The van der Waals surface area contributed by atoms with Gasteiger partial charge in [-0.15, -0.1) is 0 Å². The highest BCUT2D eigenvalue weighted by molar-refractivity contribution is 9.11. The van der Waals surface area contributed by atoms with E-state index in [1.165, 1.54) is 30.4 Å². The van der Waals surface area contributed by atoms with Gasteiger partial charge in [0, 0.05) is 8.95 Å². The molecule has 1 aliphatic carbocycles. The molecule has 3 heteroatoms. The van der Waals surface area contributed by atoms with Crippen molar-refractivity contribution in [2.75, 3.05) is 0 Å². The van der Waals surface area contributed by atoms with Crippen LogP contribution in [0.3, 0.4) is 0 Å². The fourth-order valence-corrected chi connectivity index (χ4v) is 4.60. The average Bonchev–Trinajstić information content (AvgIpc) is 2.46. The number of aliphatic hydroxyl groups is 1. The quantitative estimate of drug-likeness (QED) is 0.683. The van der Waals surface area contributed by atoms with Gasteiger partial charge >= 0.3 is 0 Å². The zero-order chi connectivity index (χ0) is 14.8. The zero-order valence-corrected chi connectivity index (χ0v) is 14.9. The van der Waals surface area contributed by atoms with Gasteiger partial charge in [-0.05, 0) is 66.5 Å². The minimum Gasteiger partial charge on any atom is -0.388 e. The van der Waals surface area contributed by atoms with Crippen LogP contribution < -0.4 is 0 Å². The Hall–Kier alpha value is -0.640. The van der Waals surface area contributed by atoms with Gasteiger partial charge in [-0.2, -0.15) is 0 Å². The first-order valence-corrected chi connectivity index (χ1v) is 8.94. The lowest BCUT2D eigenvalue weighted by atomic mass is 9.79.